The third kappa shape index (κ3) is 5.15. The molecule has 180 valence electrons. The van der Waals surface area contributed by atoms with E-state index in [1.165, 1.54) is 19.5 Å². The van der Waals surface area contributed by atoms with Crippen LogP contribution in [0, 0.1) is 25.6 Å². The van der Waals surface area contributed by atoms with Gasteiger partial charge in [0.15, 0.2) is 5.82 Å². The van der Waals surface area contributed by atoms with Gasteiger partial charge >= 0.3 is 0 Å². The van der Waals surface area contributed by atoms with Crippen LogP contribution in [0.4, 0.5) is 9.52 Å². The summed E-state index contributed by atoms with van der Waals surface area (Å²) in [4.78, 5) is 21.3. The van der Waals surface area contributed by atoms with Gasteiger partial charge in [-0.25, -0.2) is 4.39 Å². The van der Waals surface area contributed by atoms with Gasteiger partial charge in [0.05, 0.1) is 30.1 Å². The Kier molecular flexibility index (Phi) is 7.32. The smallest absolute Gasteiger partial charge is 0.296 e. The highest BCUT2D eigenvalue weighted by molar-refractivity contribution is 7.17. The minimum absolute atomic E-state index is 0.0116. The van der Waals surface area contributed by atoms with E-state index in [0.29, 0.717) is 22.4 Å². The van der Waals surface area contributed by atoms with Crippen molar-refractivity contribution in [1.29, 1.82) is 0 Å². The molecule has 4 rings (SSSR count). The Hall–Kier alpha value is -3.18. The Bertz CT molecular complexity index is 1180. The van der Waals surface area contributed by atoms with Crippen molar-refractivity contribution in [2.75, 3.05) is 19.0 Å². The van der Waals surface area contributed by atoms with Gasteiger partial charge in [0.2, 0.25) is 5.13 Å². The summed E-state index contributed by atoms with van der Waals surface area (Å²) in [5.74, 6) is -0.537. The number of carbonyl (C=O) groups is 1. The van der Waals surface area contributed by atoms with E-state index in [9.17, 15) is 9.90 Å². The highest BCUT2D eigenvalue weighted by atomic mass is 32.1. The average Bonchev–Trinajstić information content (AvgIpc) is 3.27. The molecule has 3 aromatic rings. The molecule has 1 amide bonds. The normalized spacial score (nSPS) is 17.9. The zero-order valence-corrected chi connectivity index (χ0v) is 20.0. The van der Waals surface area contributed by atoms with E-state index in [-0.39, 0.29) is 40.4 Å². The van der Waals surface area contributed by atoms with Crippen LogP contribution in [0.15, 0.2) is 18.5 Å². The Morgan fingerprint density at radius 2 is 1.97 bits per heavy atom. The summed E-state index contributed by atoms with van der Waals surface area (Å²) in [6.07, 6.45) is 6.31. The van der Waals surface area contributed by atoms with Gasteiger partial charge in [-0.3, -0.25) is 20.1 Å². The Morgan fingerprint density at radius 1 is 1.21 bits per heavy atom. The highest BCUT2D eigenvalue weighted by Crippen LogP contribution is 2.36. The van der Waals surface area contributed by atoms with E-state index in [1.54, 1.807) is 19.9 Å². The number of pyridine rings is 2. The first-order chi connectivity index (χ1) is 16.4. The number of rotatable bonds is 7. The number of hydrogen-bond donors (Lipinski definition) is 2. The van der Waals surface area contributed by atoms with Crippen molar-refractivity contribution >= 4 is 22.4 Å². The number of nitrogens with zero attached hydrogens (tertiary/aromatic N) is 4. The van der Waals surface area contributed by atoms with Crippen molar-refractivity contribution in [3.8, 4) is 22.1 Å². The van der Waals surface area contributed by atoms with E-state index < -0.39 is 11.7 Å². The fraction of sp³-hybridized carbons (Fsp3) is 0.435. The van der Waals surface area contributed by atoms with Crippen LogP contribution in [0.3, 0.4) is 0 Å². The minimum Gasteiger partial charge on any atom is -0.494 e. The van der Waals surface area contributed by atoms with Gasteiger partial charge in [-0.15, -0.1) is 5.10 Å². The molecule has 11 heteroatoms. The number of ether oxygens (including phenoxy) is 2. The zero-order chi connectivity index (χ0) is 24.2. The van der Waals surface area contributed by atoms with Gasteiger partial charge < -0.3 is 14.6 Å². The number of aromatic nitrogens is 4. The lowest BCUT2D eigenvalue weighted by atomic mass is 9.88. The van der Waals surface area contributed by atoms with E-state index in [4.69, 9.17) is 9.47 Å². The Labute approximate surface area is 200 Å². The van der Waals surface area contributed by atoms with Gasteiger partial charge in [-0.2, -0.15) is 0 Å². The molecule has 0 bridgehead atoms. The van der Waals surface area contributed by atoms with Crippen molar-refractivity contribution in [1.82, 2.24) is 20.2 Å². The predicted molar refractivity (Wildman–Crippen MR) is 125 cm³/mol. The standard InChI is InChI=1S/C23H26FN5O4S/c1-12-8-16(19-18(32-3)10-26-13(2)20(19)24)17(9-25-12)21(31)27-22-28-29-23(34-22)33-15-6-4-14(11-30)5-7-15/h8-10,14-15,30H,4-7,11H2,1-3H3,(H,27,28,31)/t14-,15-. The molecule has 9 nitrogen and oxygen atoms in total. The minimum atomic E-state index is -0.568. The molecule has 1 aliphatic rings. The summed E-state index contributed by atoms with van der Waals surface area (Å²) >= 11 is 1.12. The SMILES string of the molecule is COc1cnc(C)c(F)c1-c1cc(C)ncc1C(=O)Nc1nnc(O[C@H]2CC[C@H](CO)CC2)s1. The Morgan fingerprint density at radius 3 is 2.68 bits per heavy atom. The first-order valence-electron chi connectivity index (χ1n) is 11.0. The van der Waals surface area contributed by atoms with Crippen molar-refractivity contribution in [3.63, 3.8) is 0 Å². The third-order valence-electron chi connectivity index (χ3n) is 5.88. The van der Waals surface area contributed by atoms with Gasteiger partial charge in [-0.05, 0) is 62.9 Å². The number of anilines is 1. The number of carbonyl (C=O) groups excluding carboxylic acids is 1. The van der Waals surface area contributed by atoms with Crippen LogP contribution < -0.4 is 14.8 Å². The summed E-state index contributed by atoms with van der Waals surface area (Å²) in [7, 11) is 1.42. The third-order valence-corrected chi connectivity index (χ3v) is 6.61. The summed E-state index contributed by atoms with van der Waals surface area (Å²) in [5, 5.41) is 20.6. The average molecular weight is 488 g/mol. The first-order valence-corrected chi connectivity index (χ1v) is 11.8. The van der Waals surface area contributed by atoms with Crippen molar-refractivity contribution in [2.24, 2.45) is 5.92 Å². The van der Waals surface area contributed by atoms with Gasteiger partial charge in [-0.1, -0.05) is 5.10 Å². The summed E-state index contributed by atoms with van der Waals surface area (Å²) in [5.41, 5.74) is 1.45. The largest absolute Gasteiger partial charge is 0.494 e. The summed E-state index contributed by atoms with van der Waals surface area (Å²) < 4.78 is 26.3. The van der Waals surface area contributed by atoms with Crippen LogP contribution >= 0.6 is 11.3 Å². The van der Waals surface area contributed by atoms with Crippen molar-refractivity contribution < 1.29 is 23.8 Å². The number of methoxy groups -OCH3 is 1. The van der Waals surface area contributed by atoms with Crippen molar-refractivity contribution in [2.45, 2.75) is 45.6 Å². The molecule has 0 unspecified atom stereocenters. The van der Waals surface area contributed by atoms with Crippen LogP contribution in [0.25, 0.3) is 11.1 Å². The summed E-state index contributed by atoms with van der Waals surface area (Å²) in [6, 6.07) is 1.63. The van der Waals surface area contributed by atoms with Gasteiger partial charge in [0.25, 0.3) is 11.1 Å². The monoisotopic (exact) mass is 487 g/mol. The topological polar surface area (TPSA) is 119 Å². The van der Waals surface area contributed by atoms with Gasteiger partial charge in [0.1, 0.15) is 11.9 Å². The van der Waals surface area contributed by atoms with Crippen LogP contribution in [-0.4, -0.2) is 51.0 Å². The number of aliphatic hydroxyl groups excluding tert-OH is 1. The number of hydrogen-bond acceptors (Lipinski definition) is 9. The maximum atomic E-state index is 15.1. The lowest BCUT2D eigenvalue weighted by molar-refractivity contribution is 0.102. The predicted octanol–water partition coefficient (Wildman–Crippen LogP) is 3.94. The number of amides is 1. The molecule has 1 fully saturated rings. The molecule has 2 N–H and O–H groups in total. The van der Waals surface area contributed by atoms with E-state index >= 15 is 4.39 Å². The number of halogens is 1. The molecule has 34 heavy (non-hydrogen) atoms. The molecule has 0 saturated heterocycles. The van der Waals surface area contributed by atoms with Crippen LogP contribution in [0.1, 0.15) is 47.4 Å². The quantitative estimate of drug-likeness (QED) is 0.514. The molecular formula is C23H26FN5O4S. The molecule has 0 aliphatic heterocycles. The molecule has 0 aromatic carbocycles. The van der Waals surface area contributed by atoms with Crippen LogP contribution in [-0.2, 0) is 0 Å². The van der Waals surface area contributed by atoms with E-state index in [0.717, 1.165) is 37.0 Å². The lowest BCUT2D eigenvalue weighted by Gasteiger charge is -2.26. The van der Waals surface area contributed by atoms with E-state index in [2.05, 4.69) is 25.5 Å². The number of nitrogens with one attached hydrogen (secondary N) is 1. The lowest BCUT2D eigenvalue weighted by Crippen LogP contribution is -2.25. The van der Waals surface area contributed by atoms with Gasteiger partial charge in [0, 0.05) is 24.1 Å². The Balaban J connectivity index is 1.54. The van der Waals surface area contributed by atoms with Crippen LogP contribution in [0.2, 0.25) is 0 Å². The number of aliphatic hydroxyl groups is 1. The fourth-order valence-electron chi connectivity index (χ4n) is 3.97. The maximum absolute atomic E-state index is 15.1. The van der Waals surface area contributed by atoms with Crippen LogP contribution in [0.5, 0.6) is 10.9 Å². The molecule has 1 saturated carbocycles. The fourth-order valence-corrected chi connectivity index (χ4v) is 4.62. The molecule has 0 spiro atoms. The summed E-state index contributed by atoms with van der Waals surface area (Å²) in [6.45, 7) is 3.50. The molecular weight excluding hydrogens is 461 g/mol. The molecule has 0 atom stereocenters. The molecule has 3 aromatic heterocycles. The molecule has 1 aliphatic carbocycles. The van der Waals surface area contributed by atoms with Crippen molar-refractivity contribution in [3.05, 3.63) is 41.2 Å². The second-order valence-electron chi connectivity index (χ2n) is 8.24. The zero-order valence-electron chi connectivity index (χ0n) is 19.2. The first kappa shape index (κ1) is 24.0. The number of aryl methyl sites for hydroxylation is 2. The van der Waals surface area contributed by atoms with E-state index in [1.807, 2.05) is 0 Å². The molecule has 3 heterocycles. The highest BCUT2D eigenvalue weighted by Gasteiger charge is 2.25. The second-order valence-corrected chi connectivity index (χ2v) is 9.18. The molecule has 0 radical (unpaired) electrons. The maximum Gasteiger partial charge on any atom is 0.296 e. The second kappa shape index (κ2) is 10.4.